The van der Waals surface area contributed by atoms with E-state index in [9.17, 15) is 9.59 Å². The fourth-order valence-electron chi connectivity index (χ4n) is 5.82. The second-order valence-corrected chi connectivity index (χ2v) is 11.4. The van der Waals surface area contributed by atoms with E-state index >= 15 is 4.39 Å². The molecule has 0 saturated carbocycles. The molecule has 0 N–H and O–H groups in total. The van der Waals surface area contributed by atoms with Crippen molar-refractivity contribution in [1.82, 2.24) is 19.5 Å². The number of benzene rings is 1. The molecule has 10 heteroatoms. The quantitative estimate of drug-likeness (QED) is 0.297. The highest BCUT2D eigenvalue weighted by Crippen LogP contribution is 2.34. The Labute approximate surface area is 236 Å². The van der Waals surface area contributed by atoms with Gasteiger partial charge in [0.25, 0.3) is 5.91 Å². The molecule has 208 valence electrons. The Morgan fingerprint density at radius 3 is 2.77 bits per heavy atom. The fraction of sp³-hybridized carbons (Fsp3) is 0.400. The van der Waals surface area contributed by atoms with Gasteiger partial charge < -0.3 is 14.5 Å². The summed E-state index contributed by atoms with van der Waals surface area (Å²) in [5.41, 5.74) is 4.47. The van der Waals surface area contributed by atoms with Crippen molar-refractivity contribution in [2.45, 2.75) is 46.1 Å². The number of carbonyl (C=O) groups is 2. The third-order valence-electron chi connectivity index (χ3n) is 8.02. The lowest BCUT2D eigenvalue weighted by molar-refractivity contribution is -0.147. The fourth-order valence-corrected chi connectivity index (χ4v) is 6.78. The average Bonchev–Trinajstić information content (AvgIpc) is 3.72. The minimum atomic E-state index is -0.399. The number of hydrogen-bond acceptors (Lipinski definition) is 7. The summed E-state index contributed by atoms with van der Waals surface area (Å²) in [6.07, 6.45) is 2.17. The number of carbonyl (C=O) groups excluding carboxylic acids is 2. The molecular weight excluding hydrogens is 529 g/mol. The van der Waals surface area contributed by atoms with Gasteiger partial charge in [-0.1, -0.05) is 6.92 Å². The van der Waals surface area contributed by atoms with Crippen LogP contribution in [-0.2, 0) is 22.4 Å². The molecule has 0 aliphatic carbocycles. The van der Waals surface area contributed by atoms with Crippen LogP contribution in [-0.4, -0.2) is 57.6 Å². The molecule has 3 aromatic heterocycles. The minimum Gasteiger partial charge on any atom is -0.466 e. The maximum Gasteiger partial charge on any atom is 0.310 e. The van der Waals surface area contributed by atoms with E-state index in [4.69, 9.17) is 4.74 Å². The molecule has 4 aromatic rings. The van der Waals surface area contributed by atoms with Crippen molar-refractivity contribution in [1.29, 1.82) is 0 Å². The molecule has 8 nitrogen and oxygen atoms in total. The first kappa shape index (κ1) is 26.4. The lowest BCUT2D eigenvalue weighted by Crippen LogP contribution is -2.38. The van der Waals surface area contributed by atoms with Gasteiger partial charge in [-0.2, -0.15) is 5.10 Å². The van der Waals surface area contributed by atoms with Crippen LogP contribution in [0.2, 0.25) is 0 Å². The number of anilines is 1. The first-order valence-corrected chi connectivity index (χ1v) is 14.7. The van der Waals surface area contributed by atoms with Crippen molar-refractivity contribution in [3.05, 3.63) is 69.4 Å². The van der Waals surface area contributed by atoms with Crippen LogP contribution in [0.5, 0.6) is 0 Å². The molecule has 40 heavy (non-hydrogen) atoms. The molecule has 0 radical (unpaired) electrons. The van der Waals surface area contributed by atoms with Crippen LogP contribution in [0.25, 0.3) is 16.9 Å². The van der Waals surface area contributed by atoms with Crippen LogP contribution >= 0.6 is 11.3 Å². The molecule has 0 spiro atoms. The van der Waals surface area contributed by atoms with Gasteiger partial charge in [0.15, 0.2) is 5.65 Å². The second-order valence-electron chi connectivity index (χ2n) is 10.4. The highest BCUT2D eigenvalue weighted by Gasteiger charge is 2.31. The average molecular weight is 562 g/mol. The number of aromatic nitrogens is 3. The third-order valence-corrected chi connectivity index (χ3v) is 9.02. The monoisotopic (exact) mass is 561 g/mol. The number of fused-ring (bicyclic) bond motifs is 2. The molecule has 1 saturated heterocycles. The molecule has 0 bridgehead atoms. The van der Waals surface area contributed by atoms with Crippen LogP contribution in [0.1, 0.15) is 59.9 Å². The van der Waals surface area contributed by atoms with Gasteiger partial charge in [-0.05, 0) is 74.4 Å². The van der Waals surface area contributed by atoms with E-state index in [1.54, 1.807) is 41.0 Å². The Morgan fingerprint density at radius 1 is 1.15 bits per heavy atom. The van der Waals surface area contributed by atoms with Gasteiger partial charge in [-0.15, -0.1) is 11.3 Å². The number of ether oxygens (including phenoxy) is 1. The number of aryl methyl sites for hydroxylation is 1. The summed E-state index contributed by atoms with van der Waals surface area (Å²) < 4.78 is 22.3. The summed E-state index contributed by atoms with van der Waals surface area (Å²) in [6, 6.07) is 10.7. The first-order chi connectivity index (χ1) is 19.4. The number of nitrogens with zero attached hydrogens (tertiary/aromatic N) is 5. The van der Waals surface area contributed by atoms with E-state index in [0.717, 1.165) is 17.8 Å². The van der Waals surface area contributed by atoms with E-state index < -0.39 is 5.82 Å². The van der Waals surface area contributed by atoms with Crippen LogP contribution < -0.4 is 4.90 Å². The summed E-state index contributed by atoms with van der Waals surface area (Å²) in [6.45, 7) is 8.04. The Kier molecular flexibility index (Phi) is 7.04. The normalized spacial score (nSPS) is 18.8. The molecule has 1 aromatic carbocycles. The molecular formula is C30H32FN5O3S. The summed E-state index contributed by atoms with van der Waals surface area (Å²) >= 11 is 1.74. The van der Waals surface area contributed by atoms with Crippen molar-refractivity contribution < 1.29 is 18.7 Å². The first-order valence-electron chi connectivity index (χ1n) is 13.9. The number of rotatable bonds is 6. The van der Waals surface area contributed by atoms with Crippen molar-refractivity contribution in [2.75, 3.05) is 31.1 Å². The van der Waals surface area contributed by atoms with Gasteiger partial charge in [-0.3, -0.25) is 9.59 Å². The standard InChI is InChI=1S/C30H32FN5O3S/c1-4-20-15-26(29(37)35-12-9-27-22(18(35)3)10-13-40-27)32-28-16-25(33-36(20)28)23-7-6-21(14-24(23)31)34-11-8-19(17-34)30(38)39-5-2/h6-7,10,13-16,18-19H,4-5,8-9,11-12,17H2,1-3H3/t18-,19+/m1/s1. The molecule has 5 heterocycles. The van der Waals surface area contributed by atoms with E-state index in [1.807, 2.05) is 22.8 Å². The van der Waals surface area contributed by atoms with Crippen LogP contribution in [0.4, 0.5) is 10.1 Å². The summed E-state index contributed by atoms with van der Waals surface area (Å²) in [7, 11) is 0. The van der Waals surface area contributed by atoms with Crippen LogP contribution in [0.3, 0.4) is 0 Å². The van der Waals surface area contributed by atoms with Crippen LogP contribution in [0.15, 0.2) is 41.8 Å². The zero-order valence-electron chi connectivity index (χ0n) is 22.9. The number of hydrogen-bond donors (Lipinski definition) is 0. The van der Waals surface area contributed by atoms with E-state index in [2.05, 4.69) is 28.5 Å². The lowest BCUT2D eigenvalue weighted by Gasteiger charge is -2.33. The molecule has 1 amide bonds. The molecule has 2 aliphatic rings. The molecule has 2 atom stereocenters. The largest absolute Gasteiger partial charge is 0.466 e. The van der Waals surface area contributed by atoms with Crippen molar-refractivity contribution in [3.63, 3.8) is 0 Å². The molecule has 0 unspecified atom stereocenters. The molecule has 2 aliphatic heterocycles. The van der Waals surface area contributed by atoms with Crippen molar-refractivity contribution in [3.8, 4) is 11.3 Å². The highest BCUT2D eigenvalue weighted by molar-refractivity contribution is 7.10. The minimum absolute atomic E-state index is 0.0122. The lowest BCUT2D eigenvalue weighted by atomic mass is 10.0. The van der Waals surface area contributed by atoms with E-state index in [0.29, 0.717) is 61.7 Å². The maximum atomic E-state index is 15.4. The zero-order chi connectivity index (χ0) is 28.0. The van der Waals surface area contributed by atoms with Crippen molar-refractivity contribution in [2.24, 2.45) is 5.92 Å². The van der Waals surface area contributed by atoms with Gasteiger partial charge in [0.05, 0.1) is 24.3 Å². The van der Waals surface area contributed by atoms with Gasteiger partial charge >= 0.3 is 5.97 Å². The SMILES string of the molecule is CCOC(=O)[C@H]1CCN(c2ccc(-c3cc4nc(C(=O)N5CCc6sccc6[C@H]5C)cc(CC)n4n3)c(F)c2)C1. The summed E-state index contributed by atoms with van der Waals surface area (Å²) in [5.74, 6) is -0.901. The van der Waals surface area contributed by atoms with Crippen molar-refractivity contribution >= 4 is 34.5 Å². The zero-order valence-corrected chi connectivity index (χ0v) is 23.7. The third kappa shape index (κ3) is 4.64. The molecule has 1 fully saturated rings. The number of amides is 1. The molecule has 6 rings (SSSR count). The van der Waals surface area contributed by atoms with Crippen LogP contribution in [0, 0.1) is 11.7 Å². The Bertz CT molecular complexity index is 1600. The maximum absolute atomic E-state index is 15.4. The van der Waals surface area contributed by atoms with E-state index in [1.165, 1.54) is 16.5 Å². The highest BCUT2D eigenvalue weighted by atomic mass is 32.1. The Balaban J connectivity index is 1.26. The predicted octanol–water partition coefficient (Wildman–Crippen LogP) is 5.31. The number of thiophene rings is 1. The second kappa shape index (κ2) is 10.6. The van der Waals surface area contributed by atoms with Gasteiger partial charge in [0, 0.05) is 47.5 Å². The smallest absolute Gasteiger partial charge is 0.310 e. The van der Waals surface area contributed by atoms with E-state index in [-0.39, 0.29) is 23.8 Å². The Hall–Kier alpha value is -3.79. The Morgan fingerprint density at radius 2 is 2.00 bits per heavy atom. The number of halogens is 1. The van der Waals surface area contributed by atoms with Gasteiger partial charge in [0.2, 0.25) is 0 Å². The number of esters is 1. The topological polar surface area (TPSA) is 80.0 Å². The summed E-state index contributed by atoms with van der Waals surface area (Å²) in [4.78, 5) is 35.6. The van der Waals surface area contributed by atoms with Gasteiger partial charge in [-0.25, -0.2) is 13.9 Å². The summed E-state index contributed by atoms with van der Waals surface area (Å²) in [5, 5.41) is 6.75. The van der Waals surface area contributed by atoms with Gasteiger partial charge in [0.1, 0.15) is 11.5 Å². The predicted molar refractivity (Wildman–Crippen MR) is 152 cm³/mol.